The molecule has 3 heteroatoms. The van der Waals surface area contributed by atoms with Crippen molar-refractivity contribution in [2.75, 3.05) is 39.3 Å². The molecule has 0 bridgehead atoms. The Hall–Kier alpha value is -0.120. The molecular weight excluding hydrogens is 210 g/mol. The topological polar surface area (TPSA) is 32.5 Å². The number of nitrogens with two attached hydrogens (primary N) is 1. The predicted molar refractivity (Wildman–Crippen MR) is 73.1 cm³/mol. The first-order chi connectivity index (χ1) is 8.29. The van der Waals surface area contributed by atoms with Crippen LogP contribution in [-0.4, -0.2) is 55.1 Å². The summed E-state index contributed by atoms with van der Waals surface area (Å²) < 4.78 is 0. The number of likely N-dealkylation sites (tertiary alicyclic amines) is 2. The summed E-state index contributed by atoms with van der Waals surface area (Å²) in [5.74, 6) is 0.701. The van der Waals surface area contributed by atoms with Crippen molar-refractivity contribution in [2.45, 2.75) is 45.1 Å². The summed E-state index contributed by atoms with van der Waals surface area (Å²) in [6.07, 6.45) is 6.86. The highest BCUT2D eigenvalue weighted by Crippen LogP contribution is 2.20. The van der Waals surface area contributed by atoms with Crippen molar-refractivity contribution in [1.29, 1.82) is 0 Å². The van der Waals surface area contributed by atoms with E-state index in [-0.39, 0.29) is 0 Å². The molecule has 0 aliphatic carbocycles. The van der Waals surface area contributed by atoms with Crippen LogP contribution < -0.4 is 5.73 Å². The molecule has 2 saturated heterocycles. The van der Waals surface area contributed by atoms with Gasteiger partial charge in [-0.3, -0.25) is 4.90 Å². The van der Waals surface area contributed by atoms with E-state index in [9.17, 15) is 0 Å². The number of nitrogens with zero attached hydrogens (tertiary/aromatic N) is 2. The van der Waals surface area contributed by atoms with Crippen molar-refractivity contribution in [3.05, 3.63) is 0 Å². The Balaban J connectivity index is 1.60. The van der Waals surface area contributed by atoms with Crippen LogP contribution in [0, 0.1) is 5.92 Å². The van der Waals surface area contributed by atoms with E-state index in [1.54, 1.807) is 0 Å². The molecule has 2 rings (SSSR count). The molecule has 0 saturated carbocycles. The summed E-state index contributed by atoms with van der Waals surface area (Å²) in [7, 11) is 0. The molecule has 17 heavy (non-hydrogen) atoms. The first kappa shape index (κ1) is 13.3. The maximum atomic E-state index is 5.65. The molecule has 0 spiro atoms. The minimum Gasteiger partial charge on any atom is -0.330 e. The molecule has 3 nitrogen and oxygen atoms in total. The van der Waals surface area contributed by atoms with Gasteiger partial charge in [-0.25, -0.2) is 0 Å². The molecule has 2 fully saturated rings. The fraction of sp³-hybridized carbons (Fsp3) is 1.00. The molecule has 2 aliphatic rings. The summed E-state index contributed by atoms with van der Waals surface area (Å²) in [6, 6.07) is 0.865. The summed E-state index contributed by atoms with van der Waals surface area (Å²) in [5, 5.41) is 0. The average molecular weight is 239 g/mol. The van der Waals surface area contributed by atoms with E-state index in [0.29, 0.717) is 5.92 Å². The normalized spacial score (nSPS) is 28.9. The van der Waals surface area contributed by atoms with Gasteiger partial charge >= 0.3 is 0 Å². The molecule has 100 valence electrons. The van der Waals surface area contributed by atoms with E-state index in [4.69, 9.17) is 5.73 Å². The molecule has 2 atom stereocenters. The number of hydrogen-bond donors (Lipinski definition) is 1. The first-order valence-electron chi connectivity index (χ1n) is 7.46. The van der Waals surface area contributed by atoms with Crippen molar-refractivity contribution < 1.29 is 0 Å². The van der Waals surface area contributed by atoms with Crippen LogP contribution in [0.2, 0.25) is 0 Å². The lowest BCUT2D eigenvalue weighted by molar-refractivity contribution is 0.229. The highest BCUT2D eigenvalue weighted by molar-refractivity contribution is 4.85. The third kappa shape index (κ3) is 3.94. The van der Waals surface area contributed by atoms with E-state index >= 15 is 0 Å². The smallest absolute Gasteiger partial charge is 0.0235 e. The van der Waals surface area contributed by atoms with Crippen LogP contribution in [0.3, 0.4) is 0 Å². The van der Waals surface area contributed by atoms with Gasteiger partial charge in [0.2, 0.25) is 0 Å². The van der Waals surface area contributed by atoms with Crippen molar-refractivity contribution in [2.24, 2.45) is 11.7 Å². The van der Waals surface area contributed by atoms with Crippen LogP contribution in [-0.2, 0) is 0 Å². The zero-order chi connectivity index (χ0) is 12.1. The van der Waals surface area contributed by atoms with Crippen LogP contribution in [0.1, 0.15) is 39.0 Å². The second-order valence-corrected chi connectivity index (χ2v) is 5.97. The monoisotopic (exact) mass is 239 g/mol. The molecule has 2 N–H and O–H groups in total. The second-order valence-electron chi connectivity index (χ2n) is 5.97. The van der Waals surface area contributed by atoms with Crippen molar-refractivity contribution in [3.63, 3.8) is 0 Å². The highest BCUT2D eigenvalue weighted by Gasteiger charge is 2.28. The second kappa shape index (κ2) is 6.72. The zero-order valence-corrected chi connectivity index (χ0v) is 11.4. The Morgan fingerprint density at radius 3 is 2.71 bits per heavy atom. The van der Waals surface area contributed by atoms with Gasteiger partial charge in [0.05, 0.1) is 0 Å². The van der Waals surface area contributed by atoms with Gasteiger partial charge in [0, 0.05) is 12.6 Å². The van der Waals surface area contributed by atoms with Gasteiger partial charge in [0.25, 0.3) is 0 Å². The largest absolute Gasteiger partial charge is 0.330 e. The molecule has 0 amide bonds. The highest BCUT2D eigenvalue weighted by atomic mass is 15.3. The van der Waals surface area contributed by atoms with Gasteiger partial charge < -0.3 is 10.6 Å². The lowest BCUT2D eigenvalue weighted by Gasteiger charge is -2.23. The van der Waals surface area contributed by atoms with Crippen LogP contribution >= 0.6 is 0 Å². The molecule has 2 aliphatic heterocycles. The number of hydrogen-bond acceptors (Lipinski definition) is 3. The fourth-order valence-corrected chi connectivity index (χ4v) is 3.20. The summed E-state index contributed by atoms with van der Waals surface area (Å²) >= 11 is 0. The third-order valence-corrected chi connectivity index (χ3v) is 4.48. The Morgan fingerprint density at radius 1 is 1.24 bits per heavy atom. The van der Waals surface area contributed by atoms with E-state index in [1.807, 2.05) is 0 Å². The Labute approximate surface area is 106 Å². The van der Waals surface area contributed by atoms with Crippen molar-refractivity contribution >= 4 is 0 Å². The Bertz CT molecular complexity index is 214. The van der Waals surface area contributed by atoms with E-state index in [2.05, 4.69) is 16.7 Å². The third-order valence-electron chi connectivity index (χ3n) is 4.48. The molecule has 2 heterocycles. The van der Waals surface area contributed by atoms with Gasteiger partial charge in [-0.15, -0.1) is 0 Å². The van der Waals surface area contributed by atoms with Gasteiger partial charge in [0.15, 0.2) is 0 Å². The number of rotatable bonds is 6. The average Bonchev–Trinajstić information content (AvgIpc) is 2.98. The Kier molecular flexibility index (Phi) is 5.26. The van der Waals surface area contributed by atoms with Crippen LogP contribution in [0.15, 0.2) is 0 Å². The van der Waals surface area contributed by atoms with E-state index in [0.717, 1.165) is 12.6 Å². The SMILES string of the molecule is CC(CN)CCCN1CCC(N2CCCC2)C1. The van der Waals surface area contributed by atoms with Crippen LogP contribution in [0.25, 0.3) is 0 Å². The van der Waals surface area contributed by atoms with Gasteiger partial charge in [-0.05, 0) is 70.7 Å². The maximum absolute atomic E-state index is 5.65. The summed E-state index contributed by atoms with van der Waals surface area (Å²) in [5.41, 5.74) is 5.65. The van der Waals surface area contributed by atoms with Gasteiger partial charge in [-0.1, -0.05) is 6.92 Å². The first-order valence-corrected chi connectivity index (χ1v) is 7.46. The minimum atomic E-state index is 0.701. The zero-order valence-electron chi connectivity index (χ0n) is 11.4. The summed E-state index contributed by atoms with van der Waals surface area (Å²) in [4.78, 5) is 5.37. The van der Waals surface area contributed by atoms with Crippen LogP contribution in [0.5, 0.6) is 0 Å². The fourth-order valence-electron chi connectivity index (χ4n) is 3.20. The maximum Gasteiger partial charge on any atom is 0.0235 e. The minimum absolute atomic E-state index is 0.701. The molecular formula is C14H29N3. The molecule has 0 aromatic rings. The van der Waals surface area contributed by atoms with Gasteiger partial charge in [0.1, 0.15) is 0 Å². The Morgan fingerprint density at radius 2 is 2.00 bits per heavy atom. The predicted octanol–water partition coefficient (Wildman–Crippen LogP) is 1.53. The quantitative estimate of drug-likeness (QED) is 0.763. The van der Waals surface area contributed by atoms with Gasteiger partial charge in [-0.2, -0.15) is 0 Å². The van der Waals surface area contributed by atoms with E-state index in [1.165, 1.54) is 64.8 Å². The summed E-state index contributed by atoms with van der Waals surface area (Å²) in [6.45, 7) is 9.72. The van der Waals surface area contributed by atoms with E-state index < -0.39 is 0 Å². The molecule has 0 aromatic carbocycles. The molecule has 2 unspecified atom stereocenters. The lowest BCUT2D eigenvalue weighted by Crippen LogP contribution is -2.35. The standard InChI is InChI=1S/C14H29N3/c1-13(11-15)5-4-7-16-10-6-14(12-16)17-8-2-3-9-17/h13-14H,2-12,15H2,1H3. The van der Waals surface area contributed by atoms with Crippen molar-refractivity contribution in [3.8, 4) is 0 Å². The molecule has 0 radical (unpaired) electrons. The van der Waals surface area contributed by atoms with Crippen LogP contribution in [0.4, 0.5) is 0 Å². The lowest BCUT2D eigenvalue weighted by atomic mass is 10.1. The van der Waals surface area contributed by atoms with Crippen molar-refractivity contribution in [1.82, 2.24) is 9.80 Å². The molecule has 0 aromatic heterocycles.